The summed E-state index contributed by atoms with van der Waals surface area (Å²) in [6.45, 7) is 2.56. The molecule has 3 atom stereocenters. The van der Waals surface area contributed by atoms with Crippen LogP contribution >= 0.6 is 0 Å². The highest BCUT2D eigenvalue weighted by molar-refractivity contribution is 5.80. The molecule has 4 heteroatoms. The summed E-state index contributed by atoms with van der Waals surface area (Å²) in [6.07, 6.45) is 8.14. The van der Waals surface area contributed by atoms with Gasteiger partial charge < -0.3 is 10.0 Å². The second-order valence-electron chi connectivity index (χ2n) is 5.42. The van der Waals surface area contributed by atoms with Gasteiger partial charge >= 0.3 is 5.97 Å². The first-order chi connectivity index (χ1) is 8.59. The molecule has 3 unspecified atom stereocenters. The van der Waals surface area contributed by atoms with Crippen LogP contribution in [0.2, 0.25) is 0 Å². The van der Waals surface area contributed by atoms with E-state index in [1.807, 2.05) is 11.8 Å². The fourth-order valence-electron chi connectivity index (χ4n) is 2.98. The van der Waals surface area contributed by atoms with Crippen molar-refractivity contribution in [2.75, 3.05) is 6.54 Å². The van der Waals surface area contributed by atoms with Gasteiger partial charge in [0.15, 0.2) is 0 Å². The highest BCUT2D eigenvalue weighted by Crippen LogP contribution is 2.27. The third-order valence-corrected chi connectivity index (χ3v) is 4.13. The minimum Gasteiger partial charge on any atom is -0.481 e. The van der Waals surface area contributed by atoms with E-state index in [1.54, 1.807) is 0 Å². The van der Waals surface area contributed by atoms with Crippen molar-refractivity contribution in [1.29, 1.82) is 0 Å². The zero-order valence-electron chi connectivity index (χ0n) is 10.8. The maximum Gasteiger partial charge on any atom is 0.306 e. The fourth-order valence-corrected chi connectivity index (χ4v) is 2.98. The van der Waals surface area contributed by atoms with Crippen LogP contribution in [0.1, 0.15) is 39.0 Å². The third-order valence-electron chi connectivity index (χ3n) is 4.13. The average Bonchev–Trinajstić information content (AvgIpc) is 2.38. The minimum atomic E-state index is -0.727. The molecule has 1 fully saturated rings. The zero-order chi connectivity index (χ0) is 13.1. The molecule has 2 aliphatic rings. The van der Waals surface area contributed by atoms with Gasteiger partial charge in [-0.1, -0.05) is 12.2 Å². The summed E-state index contributed by atoms with van der Waals surface area (Å²) in [7, 11) is 0. The number of nitrogens with zero attached hydrogens (tertiary/aromatic N) is 1. The third kappa shape index (κ3) is 2.74. The lowest BCUT2D eigenvalue weighted by atomic mass is 9.88. The first-order valence-corrected chi connectivity index (χ1v) is 6.78. The summed E-state index contributed by atoms with van der Waals surface area (Å²) in [5.74, 6) is -0.681. The molecule has 1 aliphatic heterocycles. The molecule has 0 radical (unpaired) electrons. The summed E-state index contributed by atoms with van der Waals surface area (Å²) < 4.78 is 0. The van der Waals surface area contributed by atoms with E-state index in [0.717, 1.165) is 19.3 Å². The number of hydrogen-bond acceptors (Lipinski definition) is 2. The Labute approximate surface area is 108 Å². The molecule has 1 saturated heterocycles. The molecule has 0 aromatic heterocycles. The van der Waals surface area contributed by atoms with Crippen molar-refractivity contribution in [1.82, 2.24) is 4.90 Å². The lowest BCUT2D eigenvalue weighted by molar-refractivity contribution is -0.149. The maximum absolute atomic E-state index is 12.4. The summed E-state index contributed by atoms with van der Waals surface area (Å²) in [5.41, 5.74) is 0. The zero-order valence-corrected chi connectivity index (χ0v) is 10.8. The summed E-state index contributed by atoms with van der Waals surface area (Å²) in [5, 5.41) is 9.02. The quantitative estimate of drug-likeness (QED) is 0.764. The van der Waals surface area contributed by atoms with E-state index in [2.05, 4.69) is 12.2 Å². The molecule has 0 bridgehead atoms. The lowest BCUT2D eigenvalue weighted by Gasteiger charge is -2.38. The van der Waals surface area contributed by atoms with Gasteiger partial charge in [0.25, 0.3) is 0 Å². The molecule has 0 spiro atoms. The minimum absolute atomic E-state index is 0.0539. The van der Waals surface area contributed by atoms with Gasteiger partial charge in [-0.15, -0.1) is 0 Å². The van der Waals surface area contributed by atoms with Gasteiger partial charge in [-0.25, -0.2) is 0 Å². The number of hydrogen-bond donors (Lipinski definition) is 1. The average molecular weight is 251 g/mol. The largest absolute Gasteiger partial charge is 0.481 e. The Balaban J connectivity index is 1.95. The highest BCUT2D eigenvalue weighted by atomic mass is 16.4. The Morgan fingerprint density at radius 2 is 2.00 bits per heavy atom. The summed E-state index contributed by atoms with van der Waals surface area (Å²) >= 11 is 0. The second-order valence-corrected chi connectivity index (χ2v) is 5.42. The Bertz CT molecular complexity index is 364. The van der Waals surface area contributed by atoms with Gasteiger partial charge in [0.2, 0.25) is 5.91 Å². The van der Waals surface area contributed by atoms with Crippen LogP contribution in [0, 0.1) is 11.8 Å². The van der Waals surface area contributed by atoms with E-state index in [1.165, 1.54) is 0 Å². The Morgan fingerprint density at radius 3 is 2.56 bits per heavy atom. The Hall–Kier alpha value is -1.32. The van der Waals surface area contributed by atoms with Crippen molar-refractivity contribution in [3.05, 3.63) is 12.2 Å². The smallest absolute Gasteiger partial charge is 0.306 e. The predicted molar refractivity (Wildman–Crippen MR) is 68.0 cm³/mol. The van der Waals surface area contributed by atoms with Crippen LogP contribution in [-0.4, -0.2) is 34.5 Å². The molecule has 0 aromatic rings. The molecule has 0 aromatic carbocycles. The van der Waals surface area contributed by atoms with Crippen LogP contribution in [0.25, 0.3) is 0 Å². The molecule has 2 rings (SSSR count). The molecule has 4 nitrogen and oxygen atoms in total. The highest BCUT2D eigenvalue weighted by Gasteiger charge is 2.34. The topological polar surface area (TPSA) is 57.6 Å². The van der Waals surface area contributed by atoms with E-state index in [4.69, 9.17) is 5.11 Å². The van der Waals surface area contributed by atoms with Crippen LogP contribution < -0.4 is 0 Å². The number of rotatable bonds is 2. The Morgan fingerprint density at radius 1 is 1.22 bits per heavy atom. The van der Waals surface area contributed by atoms with Gasteiger partial charge in [-0.3, -0.25) is 9.59 Å². The number of amides is 1. The van der Waals surface area contributed by atoms with E-state index in [0.29, 0.717) is 19.4 Å². The molecule has 1 amide bonds. The Kier molecular flexibility index (Phi) is 4.04. The van der Waals surface area contributed by atoms with Crippen molar-refractivity contribution in [3.63, 3.8) is 0 Å². The number of piperidine rings is 1. The van der Waals surface area contributed by atoms with Crippen molar-refractivity contribution in [2.24, 2.45) is 11.8 Å². The molecule has 1 N–H and O–H groups in total. The van der Waals surface area contributed by atoms with Crippen LogP contribution in [0.5, 0.6) is 0 Å². The van der Waals surface area contributed by atoms with Gasteiger partial charge in [0, 0.05) is 18.5 Å². The number of carbonyl (C=O) groups excluding carboxylic acids is 1. The van der Waals surface area contributed by atoms with Crippen LogP contribution in [0.4, 0.5) is 0 Å². The standard InChI is InChI=1S/C14H21NO3/c1-10-9-12(14(17)18)7-8-15(10)13(16)11-5-3-2-4-6-11/h2-3,10-12H,4-9H2,1H3,(H,17,18). The van der Waals surface area contributed by atoms with E-state index in [9.17, 15) is 9.59 Å². The number of aliphatic carboxylic acids is 1. The second kappa shape index (κ2) is 5.55. The number of likely N-dealkylation sites (tertiary alicyclic amines) is 1. The fraction of sp³-hybridized carbons (Fsp3) is 0.714. The van der Waals surface area contributed by atoms with Crippen LogP contribution in [0.3, 0.4) is 0 Å². The predicted octanol–water partition coefficient (Wildman–Crippen LogP) is 2.05. The van der Waals surface area contributed by atoms with Crippen molar-refractivity contribution in [3.8, 4) is 0 Å². The van der Waals surface area contributed by atoms with Gasteiger partial charge in [-0.2, -0.15) is 0 Å². The van der Waals surface area contributed by atoms with E-state index >= 15 is 0 Å². The van der Waals surface area contributed by atoms with E-state index in [-0.39, 0.29) is 23.8 Å². The van der Waals surface area contributed by atoms with Crippen molar-refractivity contribution >= 4 is 11.9 Å². The molecule has 1 heterocycles. The normalized spacial score (nSPS) is 32.3. The summed E-state index contributed by atoms with van der Waals surface area (Å²) in [4.78, 5) is 25.2. The SMILES string of the molecule is CC1CC(C(=O)O)CCN1C(=O)C1CC=CCC1. The van der Waals surface area contributed by atoms with E-state index < -0.39 is 5.97 Å². The molecule has 0 saturated carbocycles. The molecular weight excluding hydrogens is 230 g/mol. The maximum atomic E-state index is 12.4. The number of allylic oxidation sites excluding steroid dienone is 2. The van der Waals surface area contributed by atoms with Gasteiger partial charge in [0.05, 0.1) is 5.92 Å². The number of carboxylic acids is 1. The molecule has 1 aliphatic carbocycles. The lowest BCUT2D eigenvalue weighted by Crippen LogP contribution is -2.48. The van der Waals surface area contributed by atoms with Gasteiger partial charge in [-0.05, 0) is 39.0 Å². The molecule has 100 valence electrons. The van der Waals surface area contributed by atoms with Gasteiger partial charge in [0.1, 0.15) is 0 Å². The molecule has 18 heavy (non-hydrogen) atoms. The van der Waals surface area contributed by atoms with Crippen LogP contribution in [-0.2, 0) is 9.59 Å². The number of carbonyl (C=O) groups is 2. The monoisotopic (exact) mass is 251 g/mol. The van der Waals surface area contributed by atoms with Crippen molar-refractivity contribution < 1.29 is 14.7 Å². The first kappa shape index (κ1) is 13.1. The molecular formula is C14H21NO3. The first-order valence-electron chi connectivity index (χ1n) is 6.78. The number of carboxylic acid groups (broad SMARTS) is 1. The van der Waals surface area contributed by atoms with Crippen molar-refractivity contribution in [2.45, 2.75) is 45.1 Å². The summed E-state index contributed by atoms with van der Waals surface area (Å²) in [6, 6.07) is 0.0539. The van der Waals surface area contributed by atoms with Crippen LogP contribution in [0.15, 0.2) is 12.2 Å².